The van der Waals surface area contributed by atoms with Crippen molar-refractivity contribution in [3.63, 3.8) is 0 Å². The van der Waals surface area contributed by atoms with Crippen molar-refractivity contribution in [1.29, 1.82) is 0 Å². The maximum Gasteiger partial charge on any atom is 0.0894 e. The van der Waals surface area contributed by atoms with Crippen LogP contribution >= 0.6 is 0 Å². The van der Waals surface area contributed by atoms with Crippen LogP contribution in [0, 0.1) is 5.41 Å². The highest BCUT2D eigenvalue weighted by molar-refractivity contribution is 4.94. The summed E-state index contributed by atoms with van der Waals surface area (Å²) in [6.45, 7) is 2.04. The Kier molecular flexibility index (Phi) is 4.81. The van der Waals surface area contributed by atoms with Crippen LogP contribution in [0.5, 0.6) is 0 Å². The molecule has 0 bridgehead atoms. The average Bonchev–Trinajstić information content (AvgIpc) is 2.95. The van der Waals surface area contributed by atoms with E-state index >= 15 is 0 Å². The fraction of sp³-hybridized carbons (Fsp3) is 1.00. The fourth-order valence-electron chi connectivity index (χ4n) is 1.58. The molecule has 1 aliphatic rings. The van der Waals surface area contributed by atoms with Crippen LogP contribution in [0.4, 0.5) is 0 Å². The van der Waals surface area contributed by atoms with Crippen LogP contribution in [-0.2, 0) is 4.74 Å². The largest absolute Gasteiger partial charge is 0.394 e. The summed E-state index contributed by atoms with van der Waals surface area (Å²) in [6.07, 6.45) is 2.95. The van der Waals surface area contributed by atoms with E-state index in [-0.39, 0.29) is 6.61 Å². The number of methoxy groups -OCH3 is 1. The molecule has 4 heteroatoms. The average molecular weight is 203 g/mol. The van der Waals surface area contributed by atoms with Gasteiger partial charge >= 0.3 is 0 Å². The van der Waals surface area contributed by atoms with Crippen molar-refractivity contribution in [1.82, 2.24) is 5.32 Å². The predicted octanol–water partition coefficient (Wildman–Crippen LogP) is -0.254. The van der Waals surface area contributed by atoms with E-state index in [1.54, 1.807) is 7.11 Å². The topological polar surface area (TPSA) is 61.7 Å². The molecule has 0 amide bonds. The fourth-order valence-corrected chi connectivity index (χ4v) is 1.58. The zero-order valence-electron chi connectivity index (χ0n) is 8.83. The zero-order chi connectivity index (χ0) is 10.4. The Morgan fingerprint density at radius 2 is 2.21 bits per heavy atom. The monoisotopic (exact) mass is 203 g/mol. The van der Waals surface area contributed by atoms with E-state index in [0.29, 0.717) is 12.0 Å². The molecular formula is C10H21NO3. The smallest absolute Gasteiger partial charge is 0.0894 e. The van der Waals surface area contributed by atoms with Crippen molar-refractivity contribution in [3.8, 4) is 0 Å². The number of nitrogens with one attached hydrogen (secondary N) is 1. The minimum absolute atomic E-state index is 0.169. The molecule has 84 valence electrons. The van der Waals surface area contributed by atoms with Crippen molar-refractivity contribution < 1.29 is 14.9 Å². The Bertz CT molecular complexity index is 159. The number of aliphatic hydroxyl groups is 2. The van der Waals surface area contributed by atoms with Crippen LogP contribution in [0.25, 0.3) is 0 Å². The summed E-state index contributed by atoms with van der Waals surface area (Å²) in [5.41, 5.74) is 0.408. The van der Waals surface area contributed by atoms with E-state index in [1.165, 1.54) is 12.8 Å². The molecular weight excluding hydrogens is 182 g/mol. The third-order valence-corrected chi connectivity index (χ3v) is 2.88. The van der Waals surface area contributed by atoms with Crippen LogP contribution < -0.4 is 5.32 Å². The first-order valence-electron chi connectivity index (χ1n) is 5.21. The maximum atomic E-state index is 9.11. The second-order valence-electron chi connectivity index (χ2n) is 4.21. The summed E-state index contributed by atoms with van der Waals surface area (Å²) in [5, 5.41) is 20.9. The predicted molar refractivity (Wildman–Crippen MR) is 54.1 cm³/mol. The molecule has 1 rings (SSSR count). The van der Waals surface area contributed by atoms with E-state index < -0.39 is 6.10 Å². The Hall–Kier alpha value is -0.160. The molecule has 0 spiro atoms. The van der Waals surface area contributed by atoms with Crippen LogP contribution in [0.15, 0.2) is 0 Å². The lowest BCUT2D eigenvalue weighted by Crippen LogP contribution is -2.33. The Morgan fingerprint density at radius 1 is 1.50 bits per heavy atom. The first-order valence-corrected chi connectivity index (χ1v) is 5.21. The Balaban J connectivity index is 2.05. The van der Waals surface area contributed by atoms with Crippen LogP contribution in [0.3, 0.4) is 0 Å². The summed E-state index contributed by atoms with van der Waals surface area (Å²) in [6, 6.07) is 0. The van der Waals surface area contributed by atoms with Crippen LogP contribution in [0.1, 0.15) is 19.3 Å². The number of aliphatic hydroxyl groups excluding tert-OH is 2. The summed E-state index contributed by atoms with van der Waals surface area (Å²) in [7, 11) is 1.72. The van der Waals surface area contributed by atoms with Crippen LogP contribution in [0.2, 0.25) is 0 Å². The zero-order valence-corrected chi connectivity index (χ0v) is 8.83. The van der Waals surface area contributed by atoms with E-state index in [0.717, 1.165) is 19.6 Å². The summed E-state index contributed by atoms with van der Waals surface area (Å²) < 4.78 is 5.05. The highest BCUT2D eigenvalue weighted by Gasteiger charge is 2.41. The summed E-state index contributed by atoms with van der Waals surface area (Å²) in [4.78, 5) is 0. The van der Waals surface area contributed by atoms with Gasteiger partial charge in [-0.2, -0.15) is 0 Å². The minimum Gasteiger partial charge on any atom is -0.394 e. The first-order chi connectivity index (χ1) is 6.72. The lowest BCUT2D eigenvalue weighted by Gasteiger charge is -2.16. The van der Waals surface area contributed by atoms with Gasteiger partial charge in [0.05, 0.1) is 12.7 Å². The molecule has 0 heterocycles. The third kappa shape index (κ3) is 3.92. The van der Waals surface area contributed by atoms with Gasteiger partial charge in [-0.3, -0.25) is 0 Å². The molecule has 3 N–H and O–H groups in total. The van der Waals surface area contributed by atoms with Crippen molar-refractivity contribution >= 4 is 0 Å². The van der Waals surface area contributed by atoms with Crippen molar-refractivity contribution in [2.45, 2.75) is 25.4 Å². The van der Waals surface area contributed by atoms with Gasteiger partial charge < -0.3 is 20.3 Å². The van der Waals surface area contributed by atoms with Crippen molar-refractivity contribution in [2.24, 2.45) is 5.41 Å². The van der Waals surface area contributed by atoms with Gasteiger partial charge in [0.1, 0.15) is 0 Å². The third-order valence-electron chi connectivity index (χ3n) is 2.88. The van der Waals surface area contributed by atoms with Gasteiger partial charge in [0.15, 0.2) is 0 Å². The van der Waals surface area contributed by atoms with Gasteiger partial charge in [-0.05, 0) is 24.7 Å². The van der Waals surface area contributed by atoms with Gasteiger partial charge in [-0.25, -0.2) is 0 Å². The summed E-state index contributed by atoms with van der Waals surface area (Å²) in [5.74, 6) is 0. The molecule has 14 heavy (non-hydrogen) atoms. The second-order valence-corrected chi connectivity index (χ2v) is 4.21. The minimum atomic E-state index is -0.631. The van der Waals surface area contributed by atoms with Gasteiger partial charge in [0.25, 0.3) is 0 Å². The lowest BCUT2D eigenvalue weighted by molar-refractivity contribution is 0.0923. The van der Waals surface area contributed by atoms with Crippen molar-refractivity contribution in [3.05, 3.63) is 0 Å². The van der Waals surface area contributed by atoms with Gasteiger partial charge in [-0.15, -0.1) is 0 Å². The molecule has 0 radical (unpaired) electrons. The molecule has 0 aromatic rings. The molecule has 0 saturated heterocycles. The Labute approximate surface area is 85.3 Å². The second kappa shape index (κ2) is 5.66. The number of hydrogen-bond acceptors (Lipinski definition) is 4. The van der Waals surface area contributed by atoms with Crippen LogP contribution in [-0.4, -0.2) is 49.7 Å². The number of rotatable bonds is 8. The highest BCUT2D eigenvalue weighted by Crippen LogP contribution is 2.48. The first kappa shape index (κ1) is 11.9. The van der Waals surface area contributed by atoms with Gasteiger partial charge in [-0.1, -0.05) is 0 Å². The molecule has 0 aliphatic heterocycles. The normalized spacial score (nSPS) is 20.8. The Morgan fingerprint density at radius 3 is 2.71 bits per heavy atom. The molecule has 4 nitrogen and oxygen atoms in total. The molecule has 1 fully saturated rings. The van der Waals surface area contributed by atoms with E-state index in [9.17, 15) is 0 Å². The molecule has 1 saturated carbocycles. The highest BCUT2D eigenvalue weighted by atomic mass is 16.5. The standard InChI is InChI=1S/C10H21NO3/c1-14-5-4-10(2-3-10)8-11-6-9(13)7-12/h9,11-13H,2-8H2,1H3. The molecule has 1 aliphatic carbocycles. The van der Waals surface area contributed by atoms with Gasteiger partial charge in [0.2, 0.25) is 0 Å². The maximum absolute atomic E-state index is 9.11. The van der Waals surface area contributed by atoms with Crippen molar-refractivity contribution in [2.75, 3.05) is 33.4 Å². The molecule has 1 atom stereocenters. The van der Waals surface area contributed by atoms with E-state index in [2.05, 4.69) is 5.32 Å². The van der Waals surface area contributed by atoms with E-state index in [1.807, 2.05) is 0 Å². The summed E-state index contributed by atoms with van der Waals surface area (Å²) >= 11 is 0. The number of hydrogen-bond donors (Lipinski definition) is 3. The number of ether oxygens (including phenoxy) is 1. The molecule has 0 aromatic carbocycles. The molecule has 0 aromatic heterocycles. The lowest BCUT2D eigenvalue weighted by atomic mass is 10.0. The van der Waals surface area contributed by atoms with Gasteiger partial charge in [0, 0.05) is 26.8 Å². The van der Waals surface area contributed by atoms with E-state index in [4.69, 9.17) is 14.9 Å². The SMILES string of the molecule is COCCC1(CNCC(O)CO)CC1. The quantitative estimate of drug-likeness (QED) is 0.509. The molecule has 1 unspecified atom stereocenters.